The van der Waals surface area contributed by atoms with E-state index in [9.17, 15) is 13.2 Å². The van der Waals surface area contributed by atoms with Crippen molar-refractivity contribution in [2.75, 3.05) is 40.7 Å². The first-order valence-electron chi connectivity index (χ1n) is 12.6. The van der Waals surface area contributed by atoms with Gasteiger partial charge in [-0.1, -0.05) is 36.4 Å². The number of nitrogens with one attached hydrogen (secondary N) is 1. The molecule has 0 fully saturated rings. The van der Waals surface area contributed by atoms with Gasteiger partial charge in [0.1, 0.15) is 0 Å². The molecule has 1 aliphatic rings. The molecule has 3 aromatic rings. The second-order valence-corrected chi connectivity index (χ2v) is 11.0. The summed E-state index contributed by atoms with van der Waals surface area (Å²) in [5.74, 6) is 1.59. The molecule has 0 radical (unpaired) electrons. The zero-order valence-electron chi connectivity index (χ0n) is 22.6. The Kier molecular flexibility index (Phi) is 8.98. The molecule has 0 saturated heterocycles. The van der Waals surface area contributed by atoms with Gasteiger partial charge in [-0.3, -0.25) is 9.69 Å². The molecular weight excluding hydrogens is 520 g/mol. The summed E-state index contributed by atoms with van der Waals surface area (Å²) in [5, 5.41) is 3.01. The van der Waals surface area contributed by atoms with Crippen molar-refractivity contribution in [1.29, 1.82) is 0 Å². The van der Waals surface area contributed by atoms with E-state index in [1.54, 1.807) is 20.3 Å². The average Bonchev–Trinajstić information content (AvgIpc) is 2.92. The van der Waals surface area contributed by atoms with Crippen molar-refractivity contribution >= 4 is 16.0 Å². The van der Waals surface area contributed by atoms with Gasteiger partial charge < -0.3 is 23.7 Å². The maximum absolute atomic E-state index is 13.0. The van der Waals surface area contributed by atoms with E-state index in [0.29, 0.717) is 43.2 Å². The molecule has 0 aromatic heterocycles. The highest BCUT2D eigenvalue weighted by Crippen LogP contribution is 2.40. The molecule has 1 heterocycles. The number of hydrogen-bond acceptors (Lipinski definition) is 8. The molecule has 0 saturated carbocycles. The molecule has 208 valence electrons. The number of carbonyl (C=O) groups excluding carboxylic acids is 1. The fourth-order valence-electron chi connectivity index (χ4n) is 4.84. The van der Waals surface area contributed by atoms with Crippen LogP contribution in [-0.4, -0.2) is 59.9 Å². The minimum Gasteiger partial charge on any atom is -0.493 e. The van der Waals surface area contributed by atoms with Crippen LogP contribution in [0.5, 0.6) is 23.0 Å². The number of carbonyl (C=O) groups is 1. The van der Waals surface area contributed by atoms with Gasteiger partial charge in [0.25, 0.3) is 0 Å². The van der Waals surface area contributed by atoms with Gasteiger partial charge in [0.05, 0.1) is 34.1 Å². The fraction of sp³-hybridized carbons (Fsp3) is 0.345. The first kappa shape index (κ1) is 28.3. The van der Waals surface area contributed by atoms with Crippen molar-refractivity contribution in [3.63, 3.8) is 0 Å². The smallest absolute Gasteiger partial charge is 0.306 e. The number of benzene rings is 3. The summed E-state index contributed by atoms with van der Waals surface area (Å²) in [7, 11) is 0.863. The standard InChI is InChI=1S/C29H34N2O7S/c1-35-25-11-10-21(15-26(25)36-2)14-24-23-17-28(38-39(4,33)34)27(37-3)16-22(23)12-13-31(24)19-29(32)30-18-20-8-6-5-7-9-20/h5-11,15-17,24H,12-14,18-19H2,1-4H3,(H,30,32). The Hall–Kier alpha value is -3.76. The molecule has 9 nitrogen and oxygen atoms in total. The summed E-state index contributed by atoms with van der Waals surface area (Å²) in [4.78, 5) is 15.1. The molecule has 1 N–H and O–H groups in total. The molecule has 1 aliphatic heterocycles. The molecule has 1 atom stereocenters. The Bertz CT molecular complexity index is 1410. The highest BCUT2D eigenvalue weighted by atomic mass is 32.2. The molecule has 0 spiro atoms. The summed E-state index contributed by atoms with van der Waals surface area (Å²) in [6.07, 6.45) is 2.21. The first-order valence-corrected chi connectivity index (χ1v) is 14.4. The monoisotopic (exact) mass is 554 g/mol. The van der Waals surface area contributed by atoms with Crippen LogP contribution < -0.4 is 23.7 Å². The lowest BCUT2D eigenvalue weighted by Gasteiger charge is -2.37. The lowest BCUT2D eigenvalue weighted by molar-refractivity contribution is -0.123. The van der Waals surface area contributed by atoms with Gasteiger partial charge in [0.15, 0.2) is 23.0 Å². The highest BCUT2D eigenvalue weighted by molar-refractivity contribution is 7.86. The van der Waals surface area contributed by atoms with Crippen LogP contribution in [0.1, 0.15) is 28.3 Å². The molecule has 0 aliphatic carbocycles. The van der Waals surface area contributed by atoms with Crippen LogP contribution in [0.25, 0.3) is 0 Å². The number of nitrogens with zero attached hydrogens (tertiary/aromatic N) is 1. The van der Waals surface area contributed by atoms with E-state index in [2.05, 4.69) is 10.2 Å². The molecule has 4 rings (SSSR count). The molecule has 1 unspecified atom stereocenters. The predicted octanol–water partition coefficient (Wildman–Crippen LogP) is 3.51. The van der Waals surface area contributed by atoms with E-state index < -0.39 is 10.1 Å². The molecule has 10 heteroatoms. The Balaban J connectivity index is 1.66. The van der Waals surface area contributed by atoms with E-state index in [4.69, 9.17) is 18.4 Å². The van der Waals surface area contributed by atoms with E-state index in [1.807, 2.05) is 54.6 Å². The van der Waals surface area contributed by atoms with Crippen molar-refractivity contribution in [3.05, 3.63) is 82.9 Å². The summed E-state index contributed by atoms with van der Waals surface area (Å²) in [6.45, 7) is 1.26. The maximum atomic E-state index is 13.0. The predicted molar refractivity (Wildman–Crippen MR) is 148 cm³/mol. The Morgan fingerprint density at radius 1 is 0.897 bits per heavy atom. The number of methoxy groups -OCH3 is 3. The average molecular weight is 555 g/mol. The summed E-state index contributed by atoms with van der Waals surface area (Å²) in [6, 6.07) is 18.8. The maximum Gasteiger partial charge on any atom is 0.306 e. The van der Waals surface area contributed by atoms with Gasteiger partial charge in [-0.25, -0.2) is 0 Å². The largest absolute Gasteiger partial charge is 0.493 e. The van der Waals surface area contributed by atoms with Gasteiger partial charge in [-0.15, -0.1) is 0 Å². The summed E-state index contributed by atoms with van der Waals surface area (Å²) < 4.78 is 45.5. The number of amides is 1. The Morgan fingerprint density at radius 3 is 2.26 bits per heavy atom. The molecule has 3 aromatic carbocycles. The van der Waals surface area contributed by atoms with Gasteiger partial charge >= 0.3 is 10.1 Å². The first-order chi connectivity index (χ1) is 18.7. The van der Waals surface area contributed by atoms with Crippen LogP contribution in [-0.2, 0) is 34.3 Å². The van der Waals surface area contributed by atoms with E-state index in [-0.39, 0.29) is 24.2 Å². The van der Waals surface area contributed by atoms with E-state index in [0.717, 1.165) is 28.5 Å². The highest BCUT2D eigenvalue weighted by Gasteiger charge is 2.31. The SMILES string of the molecule is COc1ccc(CC2c3cc(OS(C)(=O)=O)c(OC)cc3CCN2CC(=O)NCc2ccccc2)cc1OC. The van der Waals surface area contributed by atoms with Crippen LogP contribution in [0.2, 0.25) is 0 Å². The van der Waals surface area contributed by atoms with Crippen molar-refractivity contribution in [1.82, 2.24) is 10.2 Å². The van der Waals surface area contributed by atoms with Gasteiger partial charge in [0.2, 0.25) is 5.91 Å². The number of rotatable bonds is 11. The second kappa shape index (κ2) is 12.4. The van der Waals surface area contributed by atoms with Crippen LogP contribution in [0, 0.1) is 0 Å². The zero-order chi connectivity index (χ0) is 28.0. The third-order valence-electron chi connectivity index (χ3n) is 6.69. The number of fused-ring (bicyclic) bond motifs is 1. The summed E-state index contributed by atoms with van der Waals surface area (Å²) >= 11 is 0. The fourth-order valence-corrected chi connectivity index (χ4v) is 5.30. The quantitative estimate of drug-likeness (QED) is 0.359. The van der Waals surface area contributed by atoms with Crippen molar-refractivity contribution in [2.24, 2.45) is 0 Å². The minimum absolute atomic E-state index is 0.0965. The van der Waals surface area contributed by atoms with Gasteiger partial charge in [-0.2, -0.15) is 8.42 Å². The van der Waals surface area contributed by atoms with Crippen molar-refractivity contribution in [3.8, 4) is 23.0 Å². The topological polar surface area (TPSA) is 103 Å². The lowest BCUT2D eigenvalue weighted by Crippen LogP contribution is -2.43. The van der Waals surface area contributed by atoms with Crippen LogP contribution in [0.3, 0.4) is 0 Å². The van der Waals surface area contributed by atoms with Crippen molar-refractivity contribution in [2.45, 2.75) is 25.4 Å². The lowest BCUT2D eigenvalue weighted by atomic mass is 9.88. The molecule has 1 amide bonds. The normalized spacial score (nSPS) is 15.2. The van der Waals surface area contributed by atoms with Crippen LogP contribution in [0.15, 0.2) is 60.7 Å². The second-order valence-electron chi connectivity index (χ2n) is 9.38. The molecule has 0 bridgehead atoms. The molecular formula is C29H34N2O7S. The number of ether oxygens (including phenoxy) is 3. The zero-order valence-corrected chi connectivity index (χ0v) is 23.4. The van der Waals surface area contributed by atoms with E-state index >= 15 is 0 Å². The van der Waals surface area contributed by atoms with Crippen LogP contribution >= 0.6 is 0 Å². The third kappa shape index (κ3) is 7.21. The van der Waals surface area contributed by atoms with Crippen LogP contribution in [0.4, 0.5) is 0 Å². The third-order valence-corrected chi connectivity index (χ3v) is 7.17. The van der Waals surface area contributed by atoms with Gasteiger partial charge in [0, 0.05) is 19.1 Å². The molecule has 39 heavy (non-hydrogen) atoms. The van der Waals surface area contributed by atoms with Crippen molar-refractivity contribution < 1.29 is 31.6 Å². The minimum atomic E-state index is -3.78. The Morgan fingerprint density at radius 2 is 1.59 bits per heavy atom. The summed E-state index contributed by atoms with van der Waals surface area (Å²) in [5.41, 5.74) is 3.89. The van der Waals surface area contributed by atoms with E-state index in [1.165, 1.54) is 7.11 Å². The van der Waals surface area contributed by atoms with Gasteiger partial charge in [-0.05, 0) is 59.4 Å². The number of hydrogen-bond donors (Lipinski definition) is 1. The Labute approximate surface area is 229 Å².